The van der Waals surface area contributed by atoms with Crippen LogP contribution in [0, 0.1) is 0 Å². The van der Waals surface area contributed by atoms with Gasteiger partial charge in [0.05, 0.1) is 12.9 Å². The van der Waals surface area contributed by atoms with Gasteiger partial charge in [-0.05, 0) is 31.4 Å². The largest absolute Gasteiger partial charge is 0.445 e. The number of alkyl carbamates (subject to hydrolysis) is 1. The minimum absolute atomic E-state index is 0.0284. The lowest BCUT2D eigenvalue weighted by Crippen LogP contribution is -2.48. The number of hydrogen-bond donors (Lipinski definition) is 2. The molecule has 134 valence electrons. The van der Waals surface area contributed by atoms with Crippen LogP contribution >= 0.6 is 0 Å². The number of amides is 1. The number of rotatable bonds is 8. The molecule has 2 rings (SSSR count). The van der Waals surface area contributed by atoms with Gasteiger partial charge < -0.3 is 15.4 Å². The van der Waals surface area contributed by atoms with Crippen LogP contribution in [0.25, 0.3) is 0 Å². The maximum Gasteiger partial charge on any atom is 0.407 e. The van der Waals surface area contributed by atoms with Crippen LogP contribution < -0.4 is 10.6 Å². The Kier molecular flexibility index (Phi) is 7.01. The highest BCUT2D eigenvalue weighted by atomic mass is 32.2. The summed E-state index contributed by atoms with van der Waals surface area (Å²) in [6.45, 7) is 1.10. The van der Waals surface area contributed by atoms with Gasteiger partial charge in [-0.1, -0.05) is 30.3 Å². The van der Waals surface area contributed by atoms with Crippen LogP contribution in [0.15, 0.2) is 30.3 Å². The summed E-state index contributed by atoms with van der Waals surface area (Å²) in [4.78, 5) is 12.0. The minimum Gasteiger partial charge on any atom is -0.445 e. The van der Waals surface area contributed by atoms with Crippen molar-refractivity contribution >= 4 is 16.2 Å². The Morgan fingerprint density at radius 2 is 2.12 bits per heavy atom. The van der Waals surface area contributed by atoms with Gasteiger partial charge in [0.25, 0.3) is 10.1 Å². The monoisotopic (exact) mass is 356 g/mol. The molecule has 1 aliphatic rings. The SMILES string of the molecule is CS(=O)(=O)OCC[C@@H](NC(=O)OCc1ccccc1)[C@@H]1CCCN1. The quantitative estimate of drug-likeness (QED) is 0.684. The maximum absolute atomic E-state index is 12.0. The second-order valence-electron chi connectivity index (χ2n) is 5.83. The molecular weight excluding hydrogens is 332 g/mol. The molecule has 1 aromatic carbocycles. The molecule has 0 aliphatic carbocycles. The van der Waals surface area contributed by atoms with Crippen molar-refractivity contribution < 1.29 is 22.1 Å². The zero-order valence-electron chi connectivity index (χ0n) is 13.7. The predicted molar refractivity (Wildman–Crippen MR) is 90.0 cm³/mol. The summed E-state index contributed by atoms with van der Waals surface area (Å²) in [5.74, 6) is 0. The van der Waals surface area contributed by atoms with E-state index in [4.69, 9.17) is 8.92 Å². The fourth-order valence-corrected chi connectivity index (χ4v) is 3.07. The minimum atomic E-state index is -3.48. The number of carbonyl (C=O) groups is 1. The molecule has 8 heteroatoms. The zero-order chi connectivity index (χ0) is 17.4. The van der Waals surface area contributed by atoms with E-state index in [-0.39, 0.29) is 25.3 Å². The van der Waals surface area contributed by atoms with Gasteiger partial charge in [-0.3, -0.25) is 4.18 Å². The van der Waals surface area contributed by atoms with Gasteiger partial charge in [-0.25, -0.2) is 4.79 Å². The Morgan fingerprint density at radius 3 is 2.75 bits per heavy atom. The van der Waals surface area contributed by atoms with Crippen LogP contribution in [0.5, 0.6) is 0 Å². The van der Waals surface area contributed by atoms with Gasteiger partial charge >= 0.3 is 6.09 Å². The average molecular weight is 356 g/mol. The molecule has 0 unspecified atom stereocenters. The lowest BCUT2D eigenvalue weighted by atomic mass is 10.0. The van der Waals surface area contributed by atoms with Crippen LogP contribution in [0.3, 0.4) is 0 Å². The smallest absolute Gasteiger partial charge is 0.407 e. The third-order valence-electron chi connectivity index (χ3n) is 3.83. The van der Waals surface area contributed by atoms with E-state index in [2.05, 4.69) is 10.6 Å². The van der Waals surface area contributed by atoms with Crippen LogP contribution in [-0.2, 0) is 25.6 Å². The summed E-state index contributed by atoms with van der Waals surface area (Å²) < 4.78 is 32.1. The highest BCUT2D eigenvalue weighted by molar-refractivity contribution is 7.85. The van der Waals surface area contributed by atoms with Gasteiger partial charge in [0.15, 0.2) is 0 Å². The molecule has 2 N–H and O–H groups in total. The highest BCUT2D eigenvalue weighted by Gasteiger charge is 2.26. The first-order chi connectivity index (χ1) is 11.4. The Hall–Kier alpha value is -1.64. The van der Waals surface area contributed by atoms with Gasteiger partial charge in [0.2, 0.25) is 0 Å². The zero-order valence-corrected chi connectivity index (χ0v) is 14.6. The maximum atomic E-state index is 12.0. The van der Waals surface area contributed by atoms with Crippen molar-refractivity contribution in [3.8, 4) is 0 Å². The first-order valence-electron chi connectivity index (χ1n) is 7.99. The third kappa shape index (κ3) is 6.86. The van der Waals surface area contributed by atoms with Gasteiger partial charge in [-0.15, -0.1) is 0 Å². The lowest BCUT2D eigenvalue weighted by molar-refractivity contribution is 0.131. The number of hydrogen-bond acceptors (Lipinski definition) is 6. The molecular formula is C16H24N2O5S. The topological polar surface area (TPSA) is 93.7 Å². The molecule has 0 bridgehead atoms. The van der Waals surface area contributed by atoms with E-state index in [1.54, 1.807) is 0 Å². The van der Waals surface area contributed by atoms with E-state index in [0.717, 1.165) is 31.2 Å². The first kappa shape index (κ1) is 18.7. The Balaban J connectivity index is 1.83. The standard InChI is InChI=1S/C16H24N2O5S/c1-24(20,21)23-11-9-15(14-8-5-10-17-14)18-16(19)22-12-13-6-3-2-4-7-13/h2-4,6-7,14-15,17H,5,8-12H2,1H3,(H,18,19)/t14-,15+/m0/s1. The second-order valence-corrected chi connectivity index (χ2v) is 7.47. The molecule has 1 heterocycles. The second kappa shape index (κ2) is 9.00. The molecule has 7 nitrogen and oxygen atoms in total. The van der Waals surface area contributed by atoms with Crippen LogP contribution in [-0.4, -0.2) is 46.0 Å². The van der Waals surface area contributed by atoms with Crippen molar-refractivity contribution in [1.82, 2.24) is 10.6 Å². The van der Waals surface area contributed by atoms with Crippen LogP contribution in [0.1, 0.15) is 24.8 Å². The van der Waals surface area contributed by atoms with Crippen molar-refractivity contribution in [2.75, 3.05) is 19.4 Å². The molecule has 0 spiro atoms. The Labute approximate surface area is 142 Å². The molecule has 0 radical (unpaired) electrons. The fourth-order valence-electron chi connectivity index (χ4n) is 2.67. The van der Waals surface area contributed by atoms with E-state index in [9.17, 15) is 13.2 Å². The number of ether oxygens (including phenoxy) is 1. The van der Waals surface area contributed by atoms with Crippen molar-refractivity contribution in [3.63, 3.8) is 0 Å². The summed E-state index contributed by atoms with van der Waals surface area (Å²) in [7, 11) is -3.48. The van der Waals surface area contributed by atoms with E-state index in [1.807, 2.05) is 30.3 Å². The Morgan fingerprint density at radius 1 is 1.38 bits per heavy atom. The van der Waals surface area contributed by atoms with Crippen molar-refractivity contribution in [1.29, 1.82) is 0 Å². The van der Waals surface area contributed by atoms with Crippen molar-refractivity contribution in [2.24, 2.45) is 0 Å². The van der Waals surface area contributed by atoms with Crippen molar-refractivity contribution in [3.05, 3.63) is 35.9 Å². The summed E-state index contributed by atoms with van der Waals surface area (Å²) in [6.07, 6.45) is 2.83. The van der Waals surface area contributed by atoms with Crippen LogP contribution in [0.4, 0.5) is 4.79 Å². The average Bonchev–Trinajstić information content (AvgIpc) is 3.06. The van der Waals surface area contributed by atoms with Crippen LogP contribution in [0.2, 0.25) is 0 Å². The summed E-state index contributed by atoms with van der Waals surface area (Å²) in [5, 5.41) is 6.13. The third-order valence-corrected chi connectivity index (χ3v) is 4.42. The summed E-state index contributed by atoms with van der Waals surface area (Å²) in [5.41, 5.74) is 0.906. The Bertz CT molecular complexity index is 615. The molecule has 24 heavy (non-hydrogen) atoms. The van der Waals surface area contributed by atoms with E-state index >= 15 is 0 Å². The van der Waals surface area contributed by atoms with E-state index in [1.165, 1.54) is 0 Å². The summed E-state index contributed by atoms with van der Waals surface area (Å²) in [6, 6.07) is 9.27. The fraction of sp³-hybridized carbons (Fsp3) is 0.562. The van der Waals surface area contributed by atoms with Gasteiger partial charge in [0, 0.05) is 12.1 Å². The normalized spacial score (nSPS) is 19.0. The van der Waals surface area contributed by atoms with Gasteiger partial charge in [-0.2, -0.15) is 8.42 Å². The molecule has 1 aliphatic heterocycles. The van der Waals surface area contributed by atoms with Gasteiger partial charge in [0.1, 0.15) is 6.61 Å². The number of benzene rings is 1. The molecule has 2 atom stereocenters. The van der Waals surface area contributed by atoms with E-state index in [0.29, 0.717) is 6.42 Å². The molecule has 1 aromatic rings. The van der Waals surface area contributed by atoms with E-state index < -0.39 is 16.2 Å². The lowest BCUT2D eigenvalue weighted by Gasteiger charge is -2.24. The summed E-state index contributed by atoms with van der Waals surface area (Å²) >= 11 is 0. The molecule has 0 saturated carbocycles. The molecule has 1 saturated heterocycles. The number of nitrogens with one attached hydrogen (secondary N) is 2. The molecule has 0 aromatic heterocycles. The highest BCUT2D eigenvalue weighted by Crippen LogP contribution is 2.13. The first-order valence-corrected chi connectivity index (χ1v) is 9.81. The number of carbonyl (C=O) groups excluding carboxylic acids is 1. The van der Waals surface area contributed by atoms with Crippen molar-refractivity contribution in [2.45, 2.75) is 38.0 Å². The molecule has 1 amide bonds. The molecule has 1 fully saturated rings. The predicted octanol–water partition coefficient (Wildman–Crippen LogP) is 1.40.